The van der Waals surface area contributed by atoms with Crippen molar-refractivity contribution in [1.82, 2.24) is 5.32 Å². The van der Waals surface area contributed by atoms with E-state index in [1.54, 1.807) is 14.1 Å². The van der Waals surface area contributed by atoms with Gasteiger partial charge in [0, 0.05) is 13.0 Å². The standard InChI is InChI=1S/C10H24N2O/c1-4-5-6-8-11-9-7-10-12(2,3)13/h11H,4-10H2,1-3H3. The number of rotatable bonds is 8. The molecule has 0 aliphatic rings. The summed E-state index contributed by atoms with van der Waals surface area (Å²) in [5.74, 6) is 0. The van der Waals surface area contributed by atoms with Crippen LogP contribution in [-0.4, -0.2) is 38.4 Å². The lowest BCUT2D eigenvalue weighted by molar-refractivity contribution is -0.840. The zero-order chi connectivity index (χ0) is 10.2. The highest BCUT2D eigenvalue weighted by molar-refractivity contribution is 4.48. The Balaban J connectivity index is 3.00. The number of unbranched alkanes of at least 4 members (excludes halogenated alkanes) is 2. The summed E-state index contributed by atoms with van der Waals surface area (Å²) in [6.45, 7) is 4.99. The summed E-state index contributed by atoms with van der Waals surface area (Å²) in [6, 6.07) is 0. The maximum Gasteiger partial charge on any atom is 0.0792 e. The molecule has 0 aromatic heterocycles. The van der Waals surface area contributed by atoms with Gasteiger partial charge >= 0.3 is 0 Å². The third-order valence-corrected chi connectivity index (χ3v) is 2.01. The monoisotopic (exact) mass is 188 g/mol. The van der Waals surface area contributed by atoms with E-state index < -0.39 is 0 Å². The van der Waals surface area contributed by atoms with Crippen LogP contribution in [-0.2, 0) is 0 Å². The maximum absolute atomic E-state index is 11.1. The minimum Gasteiger partial charge on any atom is -0.633 e. The van der Waals surface area contributed by atoms with Crippen molar-refractivity contribution in [2.75, 3.05) is 33.7 Å². The Morgan fingerprint density at radius 1 is 1.08 bits per heavy atom. The van der Waals surface area contributed by atoms with E-state index in [4.69, 9.17) is 0 Å². The highest BCUT2D eigenvalue weighted by Gasteiger charge is 1.99. The second-order valence-corrected chi connectivity index (χ2v) is 4.11. The van der Waals surface area contributed by atoms with Gasteiger partial charge in [0.25, 0.3) is 0 Å². The molecule has 0 rings (SSSR count). The van der Waals surface area contributed by atoms with E-state index >= 15 is 0 Å². The quantitative estimate of drug-likeness (QED) is 0.358. The molecule has 80 valence electrons. The lowest BCUT2D eigenvalue weighted by Crippen LogP contribution is -2.34. The Hall–Kier alpha value is -0.120. The molecule has 0 aromatic carbocycles. The molecule has 13 heavy (non-hydrogen) atoms. The van der Waals surface area contributed by atoms with E-state index in [0.717, 1.165) is 19.5 Å². The van der Waals surface area contributed by atoms with Gasteiger partial charge in [0.15, 0.2) is 0 Å². The van der Waals surface area contributed by atoms with E-state index in [1.165, 1.54) is 19.3 Å². The molecule has 0 saturated carbocycles. The summed E-state index contributed by atoms with van der Waals surface area (Å²) in [5.41, 5.74) is 0. The van der Waals surface area contributed by atoms with Crippen LogP contribution in [0, 0.1) is 5.21 Å². The summed E-state index contributed by atoms with van der Waals surface area (Å²) in [7, 11) is 3.38. The molecule has 0 radical (unpaired) electrons. The van der Waals surface area contributed by atoms with Crippen LogP contribution in [0.3, 0.4) is 0 Å². The van der Waals surface area contributed by atoms with Crippen LogP contribution in [0.15, 0.2) is 0 Å². The van der Waals surface area contributed by atoms with E-state index in [2.05, 4.69) is 12.2 Å². The van der Waals surface area contributed by atoms with Gasteiger partial charge in [-0.25, -0.2) is 0 Å². The predicted molar refractivity (Wildman–Crippen MR) is 57.4 cm³/mol. The lowest BCUT2D eigenvalue weighted by atomic mass is 10.2. The van der Waals surface area contributed by atoms with Gasteiger partial charge in [0.2, 0.25) is 0 Å². The first-order valence-corrected chi connectivity index (χ1v) is 5.31. The largest absolute Gasteiger partial charge is 0.633 e. The van der Waals surface area contributed by atoms with Gasteiger partial charge in [-0.15, -0.1) is 0 Å². The van der Waals surface area contributed by atoms with Crippen molar-refractivity contribution in [3.63, 3.8) is 0 Å². The molecule has 0 aliphatic carbocycles. The van der Waals surface area contributed by atoms with Gasteiger partial charge in [-0.1, -0.05) is 19.8 Å². The lowest BCUT2D eigenvalue weighted by Gasteiger charge is -2.33. The molecule has 0 aromatic rings. The van der Waals surface area contributed by atoms with E-state index in [0.29, 0.717) is 6.54 Å². The molecule has 3 heteroatoms. The Labute approximate surface area is 82.3 Å². The van der Waals surface area contributed by atoms with Crippen molar-refractivity contribution < 1.29 is 4.65 Å². The number of quaternary nitrogens is 1. The van der Waals surface area contributed by atoms with Crippen molar-refractivity contribution in [1.29, 1.82) is 0 Å². The van der Waals surface area contributed by atoms with Crippen molar-refractivity contribution in [3.05, 3.63) is 5.21 Å². The van der Waals surface area contributed by atoms with Crippen molar-refractivity contribution in [2.45, 2.75) is 32.6 Å². The van der Waals surface area contributed by atoms with E-state index in [1.807, 2.05) is 0 Å². The number of nitrogens with one attached hydrogen (secondary N) is 1. The molecule has 0 bridgehead atoms. The third kappa shape index (κ3) is 11.9. The van der Waals surface area contributed by atoms with Crippen LogP contribution in [0.5, 0.6) is 0 Å². The first-order valence-electron chi connectivity index (χ1n) is 5.31. The normalized spacial score (nSPS) is 12.0. The number of hydroxylamine groups is 3. The molecule has 0 unspecified atom stereocenters. The second kappa shape index (κ2) is 7.30. The number of hydrogen-bond acceptors (Lipinski definition) is 2. The fraction of sp³-hybridized carbons (Fsp3) is 1.00. The maximum atomic E-state index is 11.1. The minimum atomic E-state index is -0.170. The SMILES string of the molecule is CCCCCNCCC[N+](C)(C)[O-]. The highest BCUT2D eigenvalue weighted by Crippen LogP contribution is 1.94. The molecule has 0 atom stereocenters. The van der Waals surface area contributed by atoms with Crippen molar-refractivity contribution >= 4 is 0 Å². The molecule has 0 aliphatic heterocycles. The van der Waals surface area contributed by atoms with Crippen molar-refractivity contribution in [2.24, 2.45) is 0 Å². The molecular weight excluding hydrogens is 164 g/mol. The molecule has 3 nitrogen and oxygen atoms in total. The number of hydrogen-bond donors (Lipinski definition) is 1. The topological polar surface area (TPSA) is 35.1 Å². The molecule has 0 spiro atoms. The van der Waals surface area contributed by atoms with Gasteiger partial charge in [-0.2, -0.15) is 0 Å². The van der Waals surface area contributed by atoms with Crippen LogP contribution >= 0.6 is 0 Å². The number of nitrogens with zero attached hydrogens (tertiary/aromatic N) is 1. The Morgan fingerprint density at radius 2 is 1.69 bits per heavy atom. The Kier molecular flexibility index (Phi) is 7.23. The van der Waals surface area contributed by atoms with Crippen LogP contribution < -0.4 is 5.32 Å². The minimum absolute atomic E-state index is 0.170. The zero-order valence-corrected chi connectivity index (χ0v) is 9.31. The molecular formula is C10H24N2O. The average molecular weight is 188 g/mol. The van der Waals surface area contributed by atoms with E-state index in [-0.39, 0.29) is 4.65 Å². The summed E-state index contributed by atoms with van der Waals surface area (Å²) in [4.78, 5) is 0. The van der Waals surface area contributed by atoms with Gasteiger partial charge < -0.3 is 15.2 Å². The van der Waals surface area contributed by atoms with Gasteiger partial charge in [-0.3, -0.25) is 0 Å². The average Bonchev–Trinajstić information content (AvgIpc) is 2.01. The van der Waals surface area contributed by atoms with Crippen LogP contribution in [0.25, 0.3) is 0 Å². The van der Waals surface area contributed by atoms with Crippen LogP contribution in [0.2, 0.25) is 0 Å². The predicted octanol–water partition coefficient (Wildman–Crippen LogP) is 1.73. The van der Waals surface area contributed by atoms with Crippen molar-refractivity contribution in [3.8, 4) is 0 Å². The van der Waals surface area contributed by atoms with E-state index in [9.17, 15) is 5.21 Å². The molecule has 0 amide bonds. The molecule has 0 heterocycles. The first kappa shape index (κ1) is 12.9. The Bertz CT molecular complexity index is 110. The smallest absolute Gasteiger partial charge is 0.0792 e. The summed E-state index contributed by atoms with van der Waals surface area (Å²) in [6.07, 6.45) is 4.80. The fourth-order valence-electron chi connectivity index (χ4n) is 1.21. The van der Waals surface area contributed by atoms with Crippen LogP contribution in [0.4, 0.5) is 0 Å². The second-order valence-electron chi connectivity index (χ2n) is 4.11. The molecule has 1 N–H and O–H groups in total. The molecule has 0 saturated heterocycles. The Morgan fingerprint density at radius 3 is 2.23 bits per heavy atom. The van der Waals surface area contributed by atoms with Crippen LogP contribution in [0.1, 0.15) is 32.6 Å². The third-order valence-electron chi connectivity index (χ3n) is 2.01. The van der Waals surface area contributed by atoms with Gasteiger partial charge in [0.05, 0.1) is 20.6 Å². The van der Waals surface area contributed by atoms with Gasteiger partial charge in [-0.05, 0) is 13.0 Å². The summed E-state index contributed by atoms with van der Waals surface area (Å²) < 4.78 is -0.170. The zero-order valence-electron chi connectivity index (χ0n) is 9.31. The fourth-order valence-corrected chi connectivity index (χ4v) is 1.21. The molecule has 0 fully saturated rings. The summed E-state index contributed by atoms with van der Waals surface area (Å²) in [5, 5.41) is 14.5. The van der Waals surface area contributed by atoms with Gasteiger partial charge in [0.1, 0.15) is 0 Å². The summed E-state index contributed by atoms with van der Waals surface area (Å²) >= 11 is 0. The highest BCUT2D eigenvalue weighted by atomic mass is 16.5. The first-order chi connectivity index (χ1) is 6.06.